The molecular weight excluding hydrogens is 254 g/mol. The molecule has 1 amide bonds. The van der Waals surface area contributed by atoms with Crippen molar-refractivity contribution in [3.8, 4) is 0 Å². The average Bonchev–Trinajstić information content (AvgIpc) is 2.18. The third kappa shape index (κ3) is 4.25. The highest BCUT2D eigenvalue weighted by molar-refractivity contribution is 6.33. The van der Waals surface area contributed by atoms with Crippen molar-refractivity contribution in [3.05, 3.63) is 28.8 Å². The first-order chi connectivity index (χ1) is 8.19. The molecule has 0 saturated heterocycles. The molecule has 0 saturated carbocycles. The van der Waals surface area contributed by atoms with Crippen LogP contribution in [-0.2, 0) is 4.74 Å². The highest BCUT2D eigenvalue weighted by atomic mass is 35.5. The summed E-state index contributed by atoms with van der Waals surface area (Å²) in [7, 11) is 0. The van der Waals surface area contributed by atoms with Crippen molar-refractivity contribution in [2.24, 2.45) is 5.73 Å². The molecule has 0 heterocycles. The number of hydrogen-bond donors (Lipinski definition) is 3. The second-order valence-corrected chi connectivity index (χ2v) is 5.14. The highest BCUT2D eigenvalue weighted by Gasteiger charge is 2.17. The molecule has 1 aromatic carbocycles. The number of amidine groups is 1. The molecule has 0 atom stereocenters. The quantitative estimate of drug-likeness (QED) is 0.570. The van der Waals surface area contributed by atoms with Gasteiger partial charge in [-0.15, -0.1) is 0 Å². The lowest BCUT2D eigenvalue weighted by Crippen LogP contribution is -2.27. The van der Waals surface area contributed by atoms with Gasteiger partial charge in [-0.1, -0.05) is 11.6 Å². The fourth-order valence-corrected chi connectivity index (χ4v) is 1.37. The maximum Gasteiger partial charge on any atom is 0.412 e. The van der Waals surface area contributed by atoms with Crippen LogP contribution < -0.4 is 11.1 Å². The van der Waals surface area contributed by atoms with E-state index in [1.54, 1.807) is 32.9 Å². The zero-order chi connectivity index (χ0) is 13.9. The van der Waals surface area contributed by atoms with Crippen LogP contribution in [-0.4, -0.2) is 17.5 Å². The Morgan fingerprint density at radius 2 is 2.06 bits per heavy atom. The largest absolute Gasteiger partial charge is 0.444 e. The van der Waals surface area contributed by atoms with Gasteiger partial charge in [-0.05, 0) is 39.0 Å². The van der Waals surface area contributed by atoms with Crippen molar-refractivity contribution in [2.75, 3.05) is 5.32 Å². The molecule has 0 unspecified atom stereocenters. The smallest absolute Gasteiger partial charge is 0.412 e. The van der Waals surface area contributed by atoms with Crippen LogP contribution in [0.3, 0.4) is 0 Å². The van der Waals surface area contributed by atoms with E-state index in [-0.39, 0.29) is 5.84 Å². The van der Waals surface area contributed by atoms with Gasteiger partial charge < -0.3 is 10.5 Å². The Bertz CT molecular complexity index is 481. The Morgan fingerprint density at radius 1 is 1.44 bits per heavy atom. The van der Waals surface area contributed by atoms with Gasteiger partial charge in [0.15, 0.2) is 0 Å². The van der Waals surface area contributed by atoms with Crippen LogP contribution in [0.15, 0.2) is 18.2 Å². The molecule has 4 N–H and O–H groups in total. The standard InChI is InChI=1S/C12H16ClN3O2/c1-12(2,3)18-11(17)16-9-6-7(10(14)15)4-5-8(9)13/h4-6H,1-3H3,(H3,14,15)(H,16,17). The topological polar surface area (TPSA) is 88.2 Å². The van der Waals surface area contributed by atoms with Gasteiger partial charge in [0, 0.05) is 5.56 Å². The van der Waals surface area contributed by atoms with E-state index in [4.69, 9.17) is 27.5 Å². The van der Waals surface area contributed by atoms with Crippen LogP contribution in [0.2, 0.25) is 5.02 Å². The number of carbonyl (C=O) groups is 1. The Kier molecular flexibility index (Phi) is 4.19. The monoisotopic (exact) mass is 269 g/mol. The Morgan fingerprint density at radius 3 is 2.56 bits per heavy atom. The van der Waals surface area contributed by atoms with E-state index in [0.717, 1.165) is 0 Å². The lowest BCUT2D eigenvalue weighted by molar-refractivity contribution is 0.0636. The van der Waals surface area contributed by atoms with Crippen LogP contribution in [0, 0.1) is 5.41 Å². The molecular formula is C12H16ClN3O2. The Balaban J connectivity index is 2.87. The van der Waals surface area contributed by atoms with Crippen LogP contribution in [0.1, 0.15) is 26.3 Å². The molecule has 0 radical (unpaired) electrons. The first-order valence-corrected chi connectivity index (χ1v) is 5.71. The van der Waals surface area contributed by atoms with Crippen molar-refractivity contribution in [1.29, 1.82) is 5.41 Å². The summed E-state index contributed by atoms with van der Waals surface area (Å²) < 4.78 is 5.10. The van der Waals surface area contributed by atoms with Crippen molar-refractivity contribution in [1.82, 2.24) is 0 Å². The van der Waals surface area contributed by atoms with E-state index >= 15 is 0 Å². The van der Waals surface area contributed by atoms with Gasteiger partial charge in [0.05, 0.1) is 10.7 Å². The maximum absolute atomic E-state index is 11.6. The first-order valence-electron chi connectivity index (χ1n) is 5.33. The SMILES string of the molecule is CC(C)(C)OC(=O)Nc1cc(C(=N)N)ccc1Cl. The number of nitrogens with two attached hydrogens (primary N) is 1. The molecule has 0 aliphatic carbocycles. The van der Waals surface area contributed by atoms with Crippen LogP contribution in [0.4, 0.5) is 10.5 Å². The predicted octanol–water partition coefficient (Wildman–Crippen LogP) is 2.97. The summed E-state index contributed by atoms with van der Waals surface area (Å²) in [4.78, 5) is 11.6. The number of benzene rings is 1. The second kappa shape index (κ2) is 5.27. The van der Waals surface area contributed by atoms with Crippen molar-refractivity contribution < 1.29 is 9.53 Å². The highest BCUT2D eigenvalue weighted by Crippen LogP contribution is 2.23. The van der Waals surface area contributed by atoms with E-state index < -0.39 is 11.7 Å². The van der Waals surface area contributed by atoms with Crippen LogP contribution in [0.5, 0.6) is 0 Å². The Hall–Kier alpha value is -1.75. The fraction of sp³-hybridized carbons (Fsp3) is 0.333. The summed E-state index contributed by atoms with van der Waals surface area (Å²) in [6, 6.07) is 4.69. The molecule has 0 fully saturated rings. The molecule has 18 heavy (non-hydrogen) atoms. The van der Waals surface area contributed by atoms with Gasteiger partial charge in [0.2, 0.25) is 0 Å². The van der Waals surface area contributed by atoms with Crippen molar-refractivity contribution in [3.63, 3.8) is 0 Å². The second-order valence-electron chi connectivity index (χ2n) is 4.74. The number of anilines is 1. The molecule has 98 valence electrons. The number of ether oxygens (including phenoxy) is 1. The first kappa shape index (κ1) is 14.3. The minimum atomic E-state index is -0.606. The zero-order valence-electron chi connectivity index (χ0n) is 10.5. The normalized spacial score (nSPS) is 10.9. The summed E-state index contributed by atoms with van der Waals surface area (Å²) in [5, 5.41) is 10.2. The van der Waals surface area contributed by atoms with Gasteiger partial charge >= 0.3 is 6.09 Å². The molecule has 5 nitrogen and oxygen atoms in total. The molecule has 1 rings (SSSR count). The minimum absolute atomic E-state index is 0.0982. The van der Waals surface area contributed by atoms with E-state index in [2.05, 4.69) is 5.32 Å². The summed E-state index contributed by atoms with van der Waals surface area (Å²) in [5.74, 6) is -0.0982. The maximum atomic E-state index is 11.6. The molecule has 1 aromatic rings. The lowest BCUT2D eigenvalue weighted by Gasteiger charge is -2.20. The molecule has 0 aromatic heterocycles. The number of nitrogens with one attached hydrogen (secondary N) is 2. The number of carbonyl (C=O) groups excluding carboxylic acids is 1. The Labute approximate surface area is 111 Å². The van der Waals surface area contributed by atoms with Gasteiger partial charge in [0.1, 0.15) is 11.4 Å². The number of nitrogen functional groups attached to an aromatic ring is 1. The summed E-state index contributed by atoms with van der Waals surface area (Å²) in [6.07, 6.45) is -0.606. The van der Waals surface area contributed by atoms with Gasteiger partial charge in [-0.3, -0.25) is 10.7 Å². The minimum Gasteiger partial charge on any atom is -0.444 e. The number of halogens is 1. The fourth-order valence-electron chi connectivity index (χ4n) is 1.20. The molecule has 0 aliphatic heterocycles. The van der Waals surface area contributed by atoms with Crippen LogP contribution >= 0.6 is 11.6 Å². The number of hydrogen-bond acceptors (Lipinski definition) is 3. The molecule has 0 spiro atoms. The average molecular weight is 270 g/mol. The molecule has 6 heteroatoms. The van der Waals surface area contributed by atoms with E-state index in [9.17, 15) is 4.79 Å². The summed E-state index contributed by atoms with van der Waals surface area (Å²) in [6.45, 7) is 5.29. The third-order valence-electron chi connectivity index (χ3n) is 1.91. The van der Waals surface area contributed by atoms with Gasteiger partial charge in [-0.2, -0.15) is 0 Å². The molecule has 0 aliphatic rings. The predicted molar refractivity (Wildman–Crippen MR) is 72.3 cm³/mol. The van der Waals surface area contributed by atoms with Gasteiger partial charge in [0.25, 0.3) is 0 Å². The summed E-state index contributed by atoms with van der Waals surface area (Å²) >= 11 is 5.93. The third-order valence-corrected chi connectivity index (χ3v) is 2.24. The van der Waals surface area contributed by atoms with Crippen LogP contribution in [0.25, 0.3) is 0 Å². The zero-order valence-corrected chi connectivity index (χ0v) is 11.3. The van der Waals surface area contributed by atoms with Crippen molar-refractivity contribution in [2.45, 2.75) is 26.4 Å². The van der Waals surface area contributed by atoms with Gasteiger partial charge in [-0.25, -0.2) is 4.79 Å². The van der Waals surface area contributed by atoms with E-state index in [1.165, 1.54) is 6.07 Å². The lowest BCUT2D eigenvalue weighted by atomic mass is 10.2. The number of amides is 1. The van der Waals surface area contributed by atoms with E-state index in [0.29, 0.717) is 16.3 Å². The van der Waals surface area contributed by atoms with E-state index in [1.807, 2.05) is 0 Å². The van der Waals surface area contributed by atoms with Crippen molar-refractivity contribution >= 4 is 29.2 Å². The summed E-state index contributed by atoms with van der Waals surface area (Å²) in [5.41, 5.74) is 5.61. The number of rotatable bonds is 2. The molecule has 0 bridgehead atoms.